The molecule has 6 heteroatoms. The molecule has 0 saturated heterocycles. The van der Waals surface area contributed by atoms with Crippen LogP contribution in [0.5, 0.6) is 5.75 Å². The number of carbonyl (C=O) groups is 1. The first-order chi connectivity index (χ1) is 14.0. The second-order valence-electron chi connectivity index (χ2n) is 6.67. The fourth-order valence-electron chi connectivity index (χ4n) is 2.67. The van der Waals surface area contributed by atoms with Crippen molar-refractivity contribution in [2.75, 3.05) is 6.61 Å². The van der Waals surface area contributed by atoms with E-state index < -0.39 is 0 Å². The minimum absolute atomic E-state index is 0.140. The smallest absolute Gasteiger partial charge is 0.277 e. The third kappa shape index (κ3) is 5.78. The van der Waals surface area contributed by atoms with Gasteiger partial charge in [0.15, 0.2) is 6.61 Å². The molecular weight excluding hydrogens is 371 g/mol. The van der Waals surface area contributed by atoms with E-state index in [1.807, 2.05) is 24.3 Å². The molecule has 1 atom stereocenters. The highest BCUT2D eigenvalue weighted by atomic mass is 19.1. The Morgan fingerprint density at radius 3 is 2.55 bits per heavy atom. The van der Waals surface area contributed by atoms with Crippen molar-refractivity contribution in [3.8, 4) is 17.1 Å². The van der Waals surface area contributed by atoms with Crippen LogP contribution in [0, 0.1) is 5.82 Å². The van der Waals surface area contributed by atoms with E-state index >= 15 is 0 Å². The van der Waals surface area contributed by atoms with Crippen LogP contribution < -0.4 is 10.2 Å². The van der Waals surface area contributed by atoms with Gasteiger partial charge in [-0.05, 0) is 66.4 Å². The molecule has 0 aliphatic heterocycles. The predicted molar refractivity (Wildman–Crippen MR) is 110 cm³/mol. The number of hydrazone groups is 1. The number of carbonyl (C=O) groups excluding carboxylic acids is 1. The standard InChI is InChI=1S/C23H23FN2O3/c1-3-16(2)17-6-10-20(11-7-17)28-15-23(27)26-25-14-21-12-13-22(29-21)18-4-8-19(24)9-5-18/h4-14,16H,3,15H2,1-2H3,(H,26,27)/b25-14-. The lowest BCUT2D eigenvalue weighted by Gasteiger charge is -2.10. The van der Waals surface area contributed by atoms with Crippen molar-refractivity contribution in [2.24, 2.45) is 5.10 Å². The molecule has 1 heterocycles. The third-order valence-electron chi connectivity index (χ3n) is 4.57. The third-order valence-corrected chi connectivity index (χ3v) is 4.57. The lowest BCUT2D eigenvalue weighted by molar-refractivity contribution is -0.123. The van der Waals surface area contributed by atoms with Gasteiger partial charge in [-0.2, -0.15) is 5.10 Å². The van der Waals surface area contributed by atoms with Gasteiger partial charge in [-0.15, -0.1) is 0 Å². The van der Waals surface area contributed by atoms with Crippen molar-refractivity contribution in [3.05, 3.63) is 77.8 Å². The number of hydrogen-bond acceptors (Lipinski definition) is 4. The summed E-state index contributed by atoms with van der Waals surface area (Å²) in [6, 6.07) is 17.2. The van der Waals surface area contributed by atoms with Gasteiger partial charge in [0.05, 0.1) is 6.21 Å². The highest BCUT2D eigenvalue weighted by Crippen LogP contribution is 2.22. The van der Waals surface area contributed by atoms with E-state index in [0.717, 1.165) is 12.0 Å². The predicted octanol–water partition coefficient (Wildman–Crippen LogP) is 5.13. The van der Waals surface area contributed by atoms with E-state index in [9.17, 15) is 9.18 Å². The molecule has 0 saturated carbocycles. The Labute approximate surface area is 169 Å². The zero-order valence-corrected chi connectivity index (χ0v) is 16.4. The van der Waals surface area contributed by atoms with E-state index in [2.05, 4.69) is 24.4 Å². The number of halogens is 1. The van der Waals surface area contributed by atoms with Gasteiger partial charge in [-0.3, -0.25) is 4.79 Å². The molecule has 0 fully saturated rings. The lowest BCUT2D eigenvalue weighted by Crippen LogP contribution is -2.24. The van der Waals surface area contributed by atoms with Gasteiger partial charge in [0.1, 0.15) is 23.1 Å². The monoisotopic (exact) mass is 394 g/mol. The molecule has 0 bridgehead atoms. The second-order valence-corrected chi connectivity index (χ2v) is 6.67. The number of rotatable bonds is 8. The fourth-order valence-corrected chi connectivity index (χ4v) is 2.67. The summed E-state index contributed by atoms with van der Waals surface area (Å²) in [5, 5.41) is 3.87. The molecule has 1 amide bonds. The second kappa shape index (κ2) is 9.68. The Balaban J connectivity index is 1.47. The molecule has 0 radical (unpaired) electrons. The van der Waals surface area contributed by atoms with Crippen LogP contribution in [0.1, 0.15) is 37.5 Å². The van der Waals surface area contributed by atoms with E-state index in [1.54, 1.807) is 24.3 Å². The maximum absolute atomic E-state index is 13.0. The van der Waals surface area contributed by atoms with Crippen LogP contribution in [-0.4, -0.2) is 18.7 Å². The summed E-state index contributed by atoms with van der Waals surface area (Å²) in [7, 11) is 0. The Kier molecular flexibility index (Phi) is 6.79. The van der Waals surface area contributed by atoms with Crippen LogP contribution in [0.25, 0.3) is 11.3 Å². The minimum atomic E-state index is -0.377. The van der Waals surface area contributed by atoms with Gasteiger partial charge in [-0.1, -0.05) is 26.0 Å². The Morgan fingerprint density at radius 1 is 1.14 bits per heavy atom. The van der Waals surface area contributed by atoms with Crippen LogP contribution in [0.15, 0.2) is 70.2 Å². The highest BCUT2D eigenvalue weighted by molar-refractivity contribution is 5.81. The molecule has 5 nitrogen and oxygen atoms in total. The summed E-state index contributed by atoms with van der Waals surface area (Å²) in [6.45, 7) is 4.17. The summed E-state index contributed by atoms with van der Waals surface area (Å²) < 4.78 is 24.1. The highest BCUT2D eigenvalue weighted by Gasteiger charge is 2.06. The number of furan rings is 1. The fraction of sp³-hybridized carbons (Fsp3) is 0.217. The van der Waals surface area contributed by atoms with Gasteiger partial charge >= 0.3 is 0 Å². The topological polar surface area (TPSA) is 63.8 Å². The zero-order valence-electron chi connectivity index (χ0n) is 16.4. The van der Waals surface area contributed by atoms with Crippen molar-refractivity contribution in [2.45, 2.75) is 26.2 Å². The van der Waals surface area contributed by atoms with Crippen LogP contribution in [0.4, 0.5) is 4.39 Å². The van der Waals surface area contributed by atoms with Crippen molar-refractivity contribution in [1.29, 1.82) is 0 Å². The van der Waals surface area contributed by atoms with Crippen LogP contribution in [0.2, 0.25) is 0 Å². The maximum Gasteiger partial charge on any atom is 0.277 e. The summed E-state index contributed by atoms with van der Waals surface area (Å²) in [4.78, 5) is 11.9. The first-order valence-electron chi connectivity index (χ1n) is 9.45. The van der Waals surface area contributed by atoms with E-state index in [1.165, 1.54) is 23.9 Å². The molecule has 3 aromatic rings. The van der Waals surface area contributed by atoms with Crippen molar-refractivity contribution in [1.82, 2.24) is 5.43 Å². The van der Waals surface area contributed by atoms with Gasteiger partial charge in [0, 0.05) is 5.56 Å². The summed E-state index contributed by atoms with van der Waals surface area (Å²) in [5.74, 6) is 1.49. The van der Waals surface area contributed by atoms with Crippen molar-refractivity contribution < 1.29 is 18.3 Å². The summed E-state index contributed by atoms with van der Waals surface area (Å²) >= 11 is 0. The number of nitrogens with zero attached hydrogens (tertiary/aromatic N) is 1. The lowest BCUT2D eigenvalue weighted by atomic mass is 9.99. The Morgan fingerprint density at radius 2 is 1.86 bits per heavy atom. The molecule has 150 valence electrons. The van der Waals surface area contributed by atoms with Crippen LogP contribution in [-0.2, 0) is 4.79 Å². The number of amides is 1. The number of ether oxygens (including phenoxy) is 1. The maximum atomic E-state index is 13.0. The van der Waals surface area contributed by atoms with Gasteiger partial charge in [0.25, 0.3) is 5.91 Å². The van der Waals surface area contributed by atoms with Crippen molar-refractivity contribution in [3.63, 3.8) is 0 Å². The Bertz CT molecular complexity index is 963. The average Bonchev–Trinajstić information content (AvgIpc) is 3.21. The molecule has 1 N–H and O–H groups in total. The molecule has 0 aliphatic carbocycles. The molecule has 29 heavy (non-hydrogen) atoms. The Hall–Kier alpha value is -3.41. The minimum Gasteiger partial charge on any atom is -0.484 e. The van der Waals surface area contributed by atoms with Crippen molar-refractivity contribution >= 4 is 12.1 Å². The molecule has 1 unspecified atom stereocenters. The largest absolute Gasteiger partial charge is 0.484 e. The normalized spacial score (nSPS) is 12.1. The first-order valence-corrected chi connectivity index (χ1v) is 9.45. The van der Waals surface area contributed by atoms with E-state index in [-0.39, 0.29) is 18.3 Å². The SMILES string of the molecule is CCC(C)c1ccc(OCC(=O)N/N=C\c2ccc(-c3ccc(F)cc3)o2)cc1. The molecule has 2 aromatic carbocycles. The molecular formula is C23H23FN2O3. The molecule has 0 aliphatic rings. The first kappa shape index (κ1) is 20.3. The van der Waals surface area contributed by atoms with Gasteiger partial charge in [-0.25, -0.2) is 9.82 Å². The number of hydrogen-bond donors (Lipinski definition) is 1. The van der Waals surface area contributed by atoms with Gasteiger partial charge < -0.3 is 9.15 Å². The van der Waals surface area contributed by atoms with E-state index in [0.29, 0.717) is 23.2 Å². The quantitative estimate of drug-likeness (QED) is 0.426. The van der Waals surface area contributed by atoms with Crippen LogP contribution in [0.3, 0.4) is 0 Å². The zero-order chi connectivity index (χ0) is 20.6. The summed E-state index contributed by atoms with van der Waals surface area (Å²) in [5.41, 5.74) is 4.39. The molecule has 3 rings (SSSR count). The van der Waals surface area contributed by atoms with E-state index in [4.69, 9.17) is 9.15 Å². The summed E-state index contributed by atoms with van der Waals surface area (Å²) in [6.07, 6.45) is 2.47. The average molecular weight is 394 g/mol. The number of benzene rings is 2. The van der Waals surface area contributed by atoms with Gasteiger partial charge in [0.2, 0.25) is 0 Å². The number of nitrogens with one attached hydrogen (secondary N) is 1. The van der Waals surface area contributed by atoms with Crippen LogP contribution >= 0.6 is 0 Å². The molecule has 1 aromatic heterocycles. The molecule has 0 spiro atoms.